The third-order valence-electron chi connectivity index (χ3n) is 4.01. The minimum atomic E-state index is -0.186. The zero-order valence-corrected chi connectivity index (χ0v) is 14.7. The average Bonchev–Trinajstić information content (AvgIpc) is 3.00. The van der Waals surface area contributed by atoms with Crippen molar-refractivity contribution in [1.29, 1.82) is 0 Å². The normalized spacial score (nSPS) is 15.8. The number of hydrogen-bond acceptors (Lipinski definition) is 6. The van der Waals surface area contributed by atoms with Crippen molar-refractivity contribution in [3.8, 4) is 0 Å². The molecule has 0 fully saturated rings. The molecule has 1 atom stereocenters. The van der Waals surface area contributed by atoms with E-state index in [-0.39, 0.29) is 29.5 Å². The second-order valence-electron chi connectivity index (χ2n) is 5.72. The summed E-state index contributed by atoms with van der Waals surface area (Å²) >= 11 is 1.48. The molecule has 1 N–H and O–H groups in total. The van der Waals surface area contributed by atoms with E-state index < -0.39 is 0 Å². The molecule has 1 aliphatic rings. The molecular formula is C16H19N5O3S. The summed E-state index contributed by atoms with van der Waals surface area (Å²) in [7, 11) is 0. The highest BCUT2D eigenvalue weighted by Crippen LogP contribution is 2.31. The molecule has 0 spiro atoms. The first-order valence-electron chi connectivity index (χ1n) is 8.11. The van der Waals surface area contributed by atoms with Gasteiger partial charge in [-0.05, 0) is 6.42 Å². The van der Waals surface area contributed by atoms with Gasteiger partial charge in [-0.2, -0.15) is 0 Å². The summed E-state index contributed by atoms with van der Waals surface area (Å²) in [5.41, 5.74) is 0.489. The van der Waals surface area contributed by atoms with Gasteiger partial charge in [0.1, 0.15) is 0 Å². The van der Waals surface area contributed by atoms with Gasteiger partial charge in [0.05, 0.1) is 12.4 Å². The van der Waals surface area contributed by atoms with Crippen molar-refractivity contribution in [2.75, 3.05) is 12.3 Å². The Hall–Kier alpha value is -2.42. The largest absolute Gasteiger partial charge is 0.354 e. The zero-order chi connectivity index (χ0) is 17.8. The lowest BCUT2D eigenvalue weighted by atomic mass is 10.2. The summed E-state index contributed by atoms with van der Waals surface area (Å²) in [6.45, 7) is 2.63. The van der Waals surface area contributed by atoms with Crippen LogP contribution in [0.15, 0.2) is 39.4 Å². The maximum atomic E-state index is 12.1. The highest BCUT2D eigenvalue weighted by Gasteiger charge is 2.26. The van der Waals surface area contributed by atoms with Gasteiger partial charge in [-0.25, -0.2) is 9.97 Å². The van der Waals surface area contributed by atoms with Crippen LogP contribution in [0.4, 0.5) is 0 Å². The molecule has 132 valence electrons. The molecule has 0 aromatic carbocycles. The number of carbonyl (C=O) groups is 1. The van der Waals surface area contributed by atoms with E-state index in [4.69, 9.17) is 0 Å². The summed E-state index contributed by atoms with van der Waals surface area (Å²) < 4.78 is 3.04. The van der Waals surface area contributed by atoms with Crippen molar-refractivity contribution in [3.63, 3.8) is 0 Å². The molecule has 2 aromatic rings. The number of rotatable bonds is 6. The first-order valence-corrected chi connectivity index (χ1v) is 9.09. The first kappa shape index (κ1) is 17.4. The Morgan fingerprint density at radius 1 is 1.36 bits per heavy atom. The summed E-state index contributed by atoms with van der Waals surface area (Å²) in [5.74, 6) is 0.502. The van der Waals surface area contributed by atoms with Crippen LogP contribution in [0.5, 0.6) is 0 Å². The van der Waals surface area contributed by atoms with E-state index in [1.54, 1.807) is 4.57 Å². The minimum Gasteiger partial charge on any atom is -0.354 e. The predicted octanol–water partition coefficient (Wildman–Crippen LogP) is 0.216. The number of amides is 1. The molecule has 3 heterocycles. The van der Waals surface area contributed by atoms with Gasteiger partial charge in [-0.1, -0.05) is 18.7 Å². The SMILES string of the molecule is CCc1cc(=O)n(CCNC(=O)CC2CSc3nccc(=O)n32)cn1. The van der Waals surface area contributed by atoms with E-state index in [1.807, 2.05) is 6.92 Å². The molecule has 0 bridgehead atoms. The predicted molar refractivity (Wildman–Crippen MR) is 93.8 cm³/mol. The van der Waals surface area contributed by atoms with Crippen LogP contribution in [0.25, 0.3) is 0 Å². The summed E-state index contributed by atoms with van der Waals surface area (Å²) in [4.78, 5) is 44.3. The van der Waals surface area contributed by atoms with Crippen LogP contribution in [-0.4, -0.2) is 37.3 Å². The molecule has 9 heteroatoms. The molecule has 1 amide bonds. The highest BCUT2D eigenvalue weighted by molar-refractivity contribution is 7.99. The fourth-order valence-corrected chi connectivity index (χ4v) is 3.79. The molecular weight excluding hydrogens is 342 g/mol. The average molecular weight is 361 g/mol. The molecule has 8 nitrogen and oxygen atoms in total. The maximum Gasteiger partial charge on any atom is 0.254 e. The van der Waals surface area contributed by atoms with Crippen LogP contribution in [0, 0.1) is 0 Å². The fourth-order valence-electron chi connectivity index (χ4n) is 2.67. The van der Waals surface area contributed by atoms with Crippen molar-refractivity contribution >= 4 is 17.7 Å². The van der Waals surface area contributed by atoms with Crippen LogP contribution in [-0.2, 0) is 17.8 Å². The van der Waals surface area contributed by atoms with Gasteiger partial charge in [-0.3, -0.25) is 23.5 Å². The van der Waals surface area contributed by atoms with Crippen molar-refractivity contribution < 1.29 is 4.79 Å². The second kappa shape index (κ2) is 7.64. The van der Waals surface area contributed by atoms with Crippen LogP contribution in [0.2, 0.25) is 0 Å². The molecule has 25 heavy (non-hydrogen) atoms. The first-order chi connectivity index (χ1) is 12.1. The second-order valence-corrected chi connectivity index (χ2v) is 6.71. The number of nitrogens with one attached hydrogen (secondary N) is 1. The monoisotopic (exact) mass is 361 g/mol. The van der Waals surface area contributed by atoms with Crippen LogP contribution in [0.1, 0.15) is 25.1 Å². The standard InChI is InChI=1S/C16H19N5O3S/c1-2-11-7-15(24)20(10-19-11)6-5-17-13(22)8-12-9-25-16-18-4-3-14(23)21(12)16/h3-4,7,10,12H,2,5-6,8-9H2,1H3,(H,17,22). The number of fused-ring (bicyclic) bond motifs is 1. The van der Waals surface area contributed by atoms with E-state index in [2.05, 4.69) is 15.3 Å². The molecule has 0 radical (unpaired) electrons. The van der Waals surface area contributed by atoms with Gasteiger partial charge >= 0.3 is 0 Å². The number of aryl methyl sites for hydroxylation is 1. The van der Waals surface area contributed by atoms with Crippen molar-refractivity contribution in [1.82, 2.24) is 24.4 Å². The Bertz CT molecular complexity index is 892. The quantitative estimate of drug-likeness (QED) is 0.739. The molecule has 3 rings (SSSR count). The van der Waals surface area contributed by atoms with Gasteiger partial charge in [0.2, 0.25) is 5.91 Å². The lowest BCUT2D eigenvalue weighted by Crippen LogP contribution is -2.33. The lowest BCUT2D eigenvalue weighted by molar-refractivity contribution is -0.121. The summed E-state index contributed by atoms with van der Waals surface area (Å²) in [5, 5.41) is 3.44. The minimum absolute atomic E-state index is 0.125. The third kappa shape index (κ3) is 3.98. The topological polar surface area (TPSA) is 98.9 Å². The Balaban J connectivity index is 1.53. The van der Waals surface area contributed by atoms with Crippen LogP contribution >= 0.6 is 11.8 Å². The Morgan fingerprint density at radius 3 is 2.96 bits per heavy atom. The van der Waals surface area contributed by atoms with Gasteiger partial charge in [0.25, 0.3) is 11.1 Å². The van der Waals surface area contributed by atoms with Crippen LogP contribution in [0.3, 0.4) is 0 Å². The summed E-state index contributed by atoms with van der Waals surface area (Å²) in [6.07, 6.45) is 3.91. The third-order valence-corrected chi connectivity index (χ3v) is 5.12. The Morgan fingerprint density at radius 2 is 2.20 bits per heavy atom. The van der Waals surface area contributed by atoms with Crippen molar-refractivity contribution in [2.45, 2.75) is 37.5 Å². The van der Waals surface area contributed by atoms with Gasteiger partial charge in [0, 0.05) is 49.3 Å². The Kier molecular flexibility index (Phi) is 5.32. The van der Waals surface area contributed by atoms with Crippen LogP contribution < -0.4 is 16.4 Å². The lowest BCUT2D eigenvalue weighted by Gasteiger charge is -2.13. The number of nitrogens with zero attached hydrogens (tertiary/aromatic N) is 4. The molecule has 0 saturated carbocycles. The summed E-state index contributed by atoms with van der Waals surface area (Å²) in [6, 6.07) is 2.72. The van der Waals surface area contributed by atoms with E-state index in [1.165, 1.54) is 41.0 Å². The van der Waals surface area contributed by atoms with Crippen molar-refractivity contribution in [3.05, 3.63) is 51.1 Å². The Labute approximate surface area is 148 Å². The van der Waals surface area contributed by atoms with E-state index >= 15 is 0 Å². The van der Waals surface area contributed by atoms with Gasteiger partial charge in [-0.15, -0.1) is 0 Å². The smallest absolute Gasteiger partial charge is 0.254 e. The zero-order valence-electron chi connectivity index (χ0n) is 13.8. The number of aromatic nitrogens is 4. The molecule has 1 aliphatic heterocycles. The van der Waals surface area contributed by atoms with E-state index in [0.717, 1.165) is 5.69 Å². The maximum absolute atomic E-state index is 12.1. The number of hydrogen-bond donors (Lipinski definition) is 1. The molecule has 1 unspecified atom stereocenters. The fraction of sp³-hybridized carbons (Fsp3) is 0.438. The molecule has 2 aromatic heterocycles. The number of thioether (sulfide) groups is 1. The van der Waals surface area contributed by atoms with Gasteiger partial charge < -0.3 is 5.32 Å². The molecule has 0 aliphatic carbocycles. The van der Waals surface area contributed by atoms with Gasteiger partial charge in [0.15, 0.2) is 5.16 Å². The highest BCUT2D eigenvalue weighted by atomic mass is 32.2. The van der Waals surface area contributed by atoms with Crippen molar-refractivity contribution in [2.24, 2.45) is 0 Å². The van der Waals surface area contributed by atoms with E-state index in [9.17, 15) is 14.4 Å². The number of carbonyl (C=O) groups excluding carboxylic acids is 1. The molecule has 0 saturated heterocycles. The van der Waals surface area contributed by atoms with E-state index in [0.29, 0.717) is 30.4 Å².